The molecule has 6 heteroatoms. The summed E-state index contributed by atoms with van der Waals surface area (Å²) in [4.78, 5) is 25.1. The summed E-state index contributed by atoms with van der Waals surface area (Å²) >= 11 is 0. The van der Waals surface area contributed by atoms with E-state index in [0.29, 0.717) is 0 Å². The highest BCUT2D eigenvalue weighted by Crippen LogP contribution is 2.37. The van der Waals surface area contributed by atoms with Crippen molar-refractivity contribution in [2.75, 3.05) is 0 Å². The topological polar surface area (TPSA) is 62.0 Å². The molecule has 2 rings (SSSR count). The first-order chi connectivity index (χ1) is 7.48. The summed E-state index contributed by atoms with van der Waals surface area (Å²) in [5.74, 6) is -3.29. The molecule has 1 amide bonds. The van der Waals surface area contributed by atoms with E-state index in [1.807, 2.05) is 0 Å². The fourth-order valence-electron chi connectivity index (χ4n) is 1.63. The Morgan fingerprint density at radius 1 is 1.50 bits per heavy atom. The highest BCUT2D eigenvalue weighted by Gasteiger charge is 2.46. The number of carbonyl (C=O) groups is 1. The first-order valence-electron chi connectivity index (χ1n) is 4.84. The lowest BCUT2D eigenvalue weighted by Gasteiger charge is -2.35. The normalized spacial score (nSPS) is 18.9. The van der Waals surface area contributed by atoms with Crippen LogP contribution in [0.5, 0.6) is 0 Å². The van der Waals surface area contributed by atoms with Crippen molar-refractivity contribution in [3.05, 3.63) is 34.2 Å². The first-order valence-corrected chi connectivity index (χ1v) is 4.84. The Morgan fingerprint density at radius 2 is 2.19 bits per heavy atom. The minimum absolute atomic E-state index is 0.0577. The molecule has 1 fully saturated rings. The highest BCUT2D eigenvalue weighted by molar-refractivity contribution is 5.94. The molecular weight excluding hydrogens is 218 g/mol. The van der Waals surface area contributed by atoms with Crippen LogP contribution in [-0.4, -0.2) is 22.9 Å². The third kappa shape index (κ3) is 2.10. The van der Waals surface area contributed by atoms with Crippen LogP contribution in [0, 0.1) is 0 Å². The third-order valence-corrected chi connectivity index (χ3v) is 2.49. The number of aromatic amines is 1. The Bertz CT molecular complexity index is 462. The van der Waals surface area contributed by atoms with E-state index in [0.717, 1.165) is 0 Å². The lowest BCUT2D eigenvalue weighted by molar-refractivity contribution is -0.0901. The van der Waals surface area contributed by atoms with Crippen molar-refractivity contribution in [2.45, 2.75) is 24.8 Å². The summed E-state index contributed by atoms with van der Waals surface area (Å²) in [5, 5.41) is 2.39. The fourth-order valence-corrected chi connectivity index (χ4v) is 1.63. The van der Waals surface area contributed by atoms with Gasteiger partial charge in [-0.25, -0.2) is 8.78 Å². The molecule has 1 aromatic heterocycles. The standard InChI is InChI=1S/C10H10F2N2O2/c11-10(12)4-6(5-10)14-9(16)7-2-1-3-13-8(7)15/h1-3,6H,4-5H2,(H,13,15)(H,14,16). The van der Waals surface area contributed by atoms with Gasteiger partial charge in [-0.3, -0.25) is 9.59 Å². The summed E-state index contributed by atoms with van der Waals surface area (Å²) in [6.07, 6.45) is 0.684. The Balaban J connectivity index is 2.00. The molecule has 0 aromatic carbocycles. The summed E-state index contributed by atoms with van der Waals surface area (Å²) in [7, 11) is 0. The molecule has 1 heterocycles. The number of rotatable bonds is 2. The van der Waals surface area contributed by atoms with E-state index in [2.05, 4.69) is 10.3 Å². The van der Waals surface area contributed by atoms with E-state index >= 15 is 0 Å². The minimum atomic E-state index is -2.68. The number of aromatic nitrogens is 1. The number of hydrogen-bond acceptors (Lipinski definition) is 2. The molecule has 0 atom stereocenters. The van der Waals surface area contributed by atoms with Crippen molar-refractivity contribution >= 4 is 5.91 Å². The number of pyridine rings is 1. The van der Waals surface area contributed by atoms with Gasteiger partial charge in [-0.05, 0) is 12.1 Å². The van der Waals surface area contributed by atoms with Gasteiger partial charge in [0.15, 0.2) is 0 Å². The van der Waals surface area contributed by atoms with Crippen LogP contribution >= 0.6 is 0 Å². The third-order valence-electron chi connectivity index (χ3n) is 2.49. The summed E-state index contributed by atoms with van der Waals surface area (Å²) in [6.45, 7) is 0. The number of hydrogen-bond donors (Lipinski definition) is 2. The summed E-state index contributed by atoms with van der Waals surface area (Å²) in [5.41, 5.74) is -0.580. The van der Waals surface area contributed by atoms with E-state index in [-0.39, 0.29) is 18.4 Å². The van der Waals surface area contributed by atoms with Crippen LogP contribution in [0.4, 0.5) is 8.78 Å². The number of amides is 1. The van der Waals surface area contributed by atoms with Gasteiger partial charge in [0, 0.05) is 25.1 Å². The zero-order valence-electron chi connectivity index (χ0n) is 8.30. The van der Waals surface area contributed by atoms with E-state index in [4.69, 9.17) is 0 Å². The lowest BCUT2D eigenvalue weighted by atomic mass is 9.88. The maximum Gasteiger partial charge on any atom is 0.260 e. The molecule has 0 aliphatic heterocycles. The number of alkyl halides is 2. The van der Waals surface area contributed by atoms with Gasteiger partial charge < -0.3 is 10.3 Å². The molecule has 0 radical (unpaired) electrons. The molecule has 0 saturated heterocycles. The van der Waals surface area contributed by atoms with Crippen LogP contribution in [0.1, 0.15) is 23.2 Å². The molecule has 4 nitrogen and oxygen atoms in total. The SMILES string of the molecule is O=C(NC1CC(F)(F)C1)c1ccc[nH]c1=O. The zero-order valence-corrected chi connectivity index (χ0v) is 8.30. The molecule has 1 aliphatic rings. The van der Waals surface area contributed by atoms with Gasteiger partial charge in [-0.15, -0.1) is 0 Å². The second kappa shape index (κ2) is 3.70. The van der Waals surface area contributed by atoms with E-state index < -0.39 is 23.4 Å². The van der Waals surface area contributed by atoms with Crippen LogP contribution in [0.15, 0.2) is 23.1 Å². The number of H-pyrrole nitrogens is 1. The quantitative estimate of drug-likeness (QED) is 0.790. The number of nitrogens with one attached hydrogen (secondary N) is 2. The van der Waals surface area contributed by atoms with Crippen molar-refractivity contribution < 1.29 is 13.6 Å². The first kappa shape index (κ1) is 10.8. The largest absolute Gasteiger partial charge is 0.349 e. The average molecular weight is 228 g/mol. The van der Waals surface area contributed by atoms with Crippen LogP contribution < -0.4 is 10.9 Å². The molecule has 1 saturated carbocycles. The monoisotopic (exact) mass is 228 g/mol. The van der Waals surface area contributed by atoms with Gasteiger partial charge in [-0.2, -0.15) is 0 Å². The van der Waals surface area contributed by atoms with Crippen molar-refractivity contribution in [3.63, 3.8) is 0 Å². The summed E-state index contributed by atoms with van der Waals surface area (Å²) in [6, 6.07) is 2.32. The Hall–Kier alpha value is -1.72. The summed E-state index contributed by atoms with van der Waals surface area (Å²) < 4.78 is 25.0. The average Bonchev–Trinajstić information content (AvgIpc) is 2.15. The second-order valence-electron chi connectivity index (χ2n) is 3.85. The molecule has 1 aromatic rings. The molecule has 0 spiro atoms. The van der Waals surface area contributed by atoms with Crippen molar-refractivity contribution in [1.82, 2.24) is 10.3 Å². The van der Waals surface area contributed by atoms with Gasteiger partial charge >= 0.3 is 0 Å². The fraction of sp³-hybridized carbons (Fsp3) is 0.400. The van der Waals surface area contributed by atoms with E-state index in [9.17, 15) is 18.4 Å². The Kier molecular flexibility index (Phi) is 2.49. The highest BCUT2D eigenvalue weighted by atomic mass is 19.3. The lowest BCUT2D eigenvalue weighted by Crippen LogP contribution is -2.51. The van der Waals surface area contributed by atoms with Crippen LogP contribution in [-0.2, 0) is 0 Å². The smallest absolute Gasteiger partial charge is 0.260 e. The van der Waals surface area contributed by atoms with Crippen molar-refractivity contribution in [1.29, 1.82) is 0 Å². The minimum Gasteiger partial charge on any atom is -0.349 e. The van der Waals surface area contributed by atoms with E-state index in [1.165, 1.54) is 18.3 Å². The van der Waals surface area contributed by atoms with Crippen LogP contribution in [0.2, 0.25) is 0 Å². The maximum atomic E-state index is 12.5. The van der Waals surface area contributed by atoms with Gasteiger partial charge in [0.2, 0.25) is 0 Å². The molecule has 0 bridgehead atoms. The molecule has 16 heavy (non-hydrogen) atoms. The zero-order chi connectivity index (χ0) is 11.8. The molecule has 86 valence electrons. The van der Waals surface area contributed by atoms with Crippen LogP contribution in [0.3, 0.4) is 0 Å². The maximum absolute atomic E-state index is 12.5. The second-order valence-corrected chi connectivity index (χ2v) is 3.85. The van der Waals surface area contributed by atoms with Gasteiger partial charge in [-0.1, -0.05) is 0 Å². The van der Waals surface area contributed by atoms with E-state index in [1.54, 1.807) is 0 Å². The predicted molar refractivity (Wildman–Crippen MR) is 52.5 cm³/mol. The van der Waals surface area contributed by atoms with Gasteiger partial charge in [0.05, 0.1) is 0 Å². The van der Waals surface area contributed by atoms with Gasteiger partial charge in [0.1, 0.15) is 5.56 Å². The van der Waals surface area contributed by atoms with Gasteiger partial charge in [0.25, 0.3) is 17.4 Å². The number of carbonyl (C=O) groups excluding carboxylic acids is 1. The molecule has 2 N–H and O–H groups in total. The molecular formula is C10H10F2N2O2. The Labute approximate surface area is 89.7 Å². The Morgan fingerprint density at radius 3 is 2.75 bits per heavy atom. The predicted octanol–water partition coefficient (Wildman–Crippen LogP) is 0.902. The van der Waals surface area contributed by atoms with Crippen molar-refractivity contribution in [2.24, 2.45) is 0 Å². The van der Waals surface area contributed by atoms with Crippen LogP contribution in [0.25, 0.3) is 0 Å². The molecule has 0 unspecified atom stereocenters. The van der Waals surface area contributed by atoms with Crippen molar-refractivity contribution in [3.8, 4) is 0 Å². The number of halogens is 2. The molecule has 1 aliphatic carbocycles.